The Morgan fingerprint density at radius 1 is 0.281 bits per heavy atom. The maximum absolute atomic E-state index is 5.23. The Kier molecular flexibility index (Phi) is 6.89. The Bertz CT molecular complexity index is 3390. The van der Waals surface area contributed by atoms with Crippen molar-refractivity contribution in [2.24, 2.45) is 0 Å². The van der Waals surface area contributed by atoms with E-state index in [0.29, 0.717) is 0 Å². The second-order valence-corrected chi connectivity index (χ2v) is 14.8. The average Bonchev–Trinajstić information content (AvgIpc) is 3.92. The molecular weight excluding hydrogens is 693 g/mol. The third-order valence-corrected chi connectivity index (χ3v) is 11.6. The van der Waals surface area contributed by atoms with E-state index in [-0.39, 0.29) is 0 Å². The highest BCUT2D eigenvalue weighted by Gasteiger charge is 2.23. The average molecular weight is 727 g/mol. The van der Waals surface area contributed by atoms with Crippen molar-refractivity contribution in [2.75, 3.05) is 0 Å². The van der Waals surface area contributed by atoms with Crippen LogP contribution in [0.4, 0.5) is 0 Å². The predicted molar refractivity (Wildman–Crippen MR) is 238 cm³/mol. The lowest BCUT2D eigenvalue weighted by Crippen LogP contribution is -2.09. The minimum Gasteiger partial charge on any atom is -0.307 e. The van der Waals surface area contributed by atoms with Gasteiger partial charge in [-0.05, 0) is 59.7 Å². The lowest BCUT2D eigenvalue weighted by atomic mass is 10.00. The summed E-state index contributed by atoms with van der Waals surface area (Å²) in [7, 11) is 0. The van der Waals surface area contributed by atoms with E-state index in [4.69, 9.17) is 4.98 Å². The molecule has 57 heavy (non-hydrogen) atoms. The molecule has 0 radical (unpaired) electrons. The largest absolute Gasteiger partial charge is 0.307 e. The number of hydrogen-bond donors (Lipinski definition) is 0. The molecule has 0 saturated heterocycles. The molecule has 4 heterocycles. The van der Waals surface area contributed by atoms with E-state index >= 15 is 0 Å². The van der Waals surface area contributed by atoms with Crippen LogP contribution in [0.3, 0.4) is 0 Å². The maximum Gasteiger partial charge on any atom is 0.0963 e. The molecule has 12 aromatic rings. The molecule has 4 aromatic heterocycles. The molecule has 12 rings (SSSR count). The summed E-state index contributed by atoms with van der Waals surface area (Å²) < 4.78 is 7.35. The summed E-state index contributed by atoms with van der Waals surface area (Å²) in [5.74, 6) is 0. The molecule has 0 N–H and O–H groups in total. The Labute approximate surface area is 328 Å². The summed E-state index contributed by atoms with van der Waals surface area (Å²) in [6.45, 7) is 0. The maximum atomic E-state index is 5.23. The molecule has 0 aliphatic carbocycles. The van der Waals surface area contributed by atoms with Crippen molar-refractivity contribution in [3.8, 4) is 39.3 Å². The molecule has 4 heteroatoms. The smallest absolute Gasteiger partial charge is 0.0963 e. The molecular formula is C53H34N4. The van der Waals surface area contributed by atoms with Gasteiger partial charge >= 0.3 is 0 Å². The number of para-hydroxylation sites is 4. The zero-order valence-electron chi connectivity index (χ0n) is 30.9. The van der Waals surface area contributed by atoms with Gasteiger partial charge in [0.2, 0.25) is 0 Å². The molecule has 0 atom stereocenters. The summed E-state index contributed by atoms with van der Waals surface area (Å²) in [6, 6.07) is 74.2. The molecule has 8 aromatic carbocycles. The molecule has 266 valence electrons. The number of hydrogen-bond acceptors (Lipinski definition) is 1. The Morgan fingerprint density at radius 2 is 0.702 bits per heavy atom. The third-order valence-electron chi connectivity index (χ3n) is 11.6. The highest BCUT2D eigenvalue weighted by Crippen LogP contribution is 2.42. The summed E-state index contributed by atoms with van der Waals surface area (Å²) >= 11 is 0. The molecule has 0 aliphatic rings. The second kappa shape index (κ2) is 12.4. The van der Waals surface area contributed by atoms with E-state index in [1.54, 1.807) is 0 Å². The van der Waals surface area contributed by atoms with Gasteiger partial charge in [0.25, 0.3) is 0 Å². The zero-order chi connectivity index (χ0) is 37.5. The summed E-state index contributed by atoms with van der Waals surface area (Å²) in [4.78, 5) is 5.23. The van der Waals surface area contributed by atoms with Crippen LogP contribution in [0, 0.1) is 0 Å². The Morgan fingerprint density at radius 3 is 1.28 bits per heavy atom. The van der Waals surface area contributed by atoms with E-state index in [2.05, 4.69) is 220 Å². The second-order valence-electron chi connectivity index (χ2n) is 14.8. The van der Waals surface area contributed by atoms with Crippen molar-refractivity contribution in [3.05, 3.63) is 206 Å². The fourth-order valence-electron chi connectivity index (χ4n) is 9.09. The van der Waals surface area contributed by atoms with Crippen molar-refractivity contribution in [1.29, 1.82) is 0 Å². The molecule has 4 nitrogen and oxygen atoms in total. The molecule has 0 fully saturated rings. The lowest BCUT2D eigenvalue weighted by molar-refractivity contribution is 0.776. The van der Waals surface area contributed by atoms with Crippen molar-refractivity contribution < 1.29 is 0 Å². The van der Waals surface area contributed by atoms with Crippen molar-refractivity contribution in [3.63, 3.8) is 0 Å². The number of fused-ring (bicyclic) bond motifs is 10. The molecule has 0 bridgehead atoms. The van der Waals surface area contributed by atoms with Crippen molar-refractivity contribution in [1.82, 2.24) is 18.9 Å². The highest BCUT2D eigenvalue weighted by atomic mass is 15.5. The van der Waals surface area contributed by atoms with Crippen LogP contribution in [-0.2, 0) is 0 Å². The van der Waals surface area contributed by atoms with Crippen molar-refractivity contribution in [2.45, 2.75) is 0 Å². The monoisotopic (exact) mass is 726 g/mol. The quantitative estimate of drug-likeness (QED) is 0.174. The van der Waals surface area contributed by atoms with E-state index in [0.717, 1.165) is 39.3 Å². The van der Waals surface area contributed by atoms with Gasteiger partial charge in [-0.25, -0.2) is 14.3 Å². The van der Waals surface area contributed by atoms with E-state index in [9.17, 15) is 0 Å². The van der Waals surface area contributed by atoms with Crippen LogP contribution in [0.1, 0.15) is 0 Å². The SMILES string of the molecule is c1ccc(-c2cc(-c3ccccc3)nc(-c3ccc(-n4c5ccccc5c5ccc6c7ccccc7n(-n7c8ccccc8c8ccccc87)c6c54)cc3)c2)cc1. The summed E-state index contributed by atoms with van der Waals surface area (Å²) in [5.41, 5.74) is 14.5. The standard InChI is InChI=1S/C53H34N4/c1-3-15-35(16-4-1)38-33-46(36-17-5-2-6-18-36)54-47(34-38)37-27-29-39(30-28-37)55-48-23-11-7-21-42(48)44-31-32-45-43-22-10-14-26-51(43)57(53(45)52(44)55)56-49-24-12-8-19-40(49)41-20-9-13-25-50(41)56/h1-34H. The van der Waals surface area contributed by atoms with Crippen LogP contribution in [0.25, 0.3) is 105 Å². The minimum absolute atomic E-state index is 0.942. The van der Waals surface area contributed by atoms with Gasteiger partial charge in [0.05, 0.1) is 44.5 Å². The lowest BCUT2D eigenvalue weighted by Gasteiger charge is -2.16. The van der Waals surface area contributed by atoms with Crippen LogP contribution < -0.4 is 0 Å². The van der Waals surface area contributed by atoms with E-state index in [1.807, 2.05) is 0 Å². The van der Waals surface area contributed by atoms with Crippen LogP contribution in [-0.4, -0.2) is 18.9 Å². The van der Waals surface area contributed by atoms with E-state index < -0.39 is 0 Å². The Balaban J connectivity index is 1.13. The van der Waals surface area contributed by atoms with Crippen molar-refractivity contribution >= 4 is 65.4 Å². The van der Waals surface area contributed by atoms with Gasteiger partial charge in [0, 0.05) is 49.1 Å². The summed E-state index contributed by atoms with van der Waals surface area (Å²) in [5, 5.41) is 7.36. The van der Waals surface area contributed by atoms with Crippen LogP contribution in [0.15, 0.2) is 206 Å². The normalized spacial score (nSPS) is 11.9. The molecule has 0 amide bonds. The van der Waals surface area contributed by atoms with E-state index in [1.165, 1.54) is 65.5 Å². The van der Waals surface area contributed by atoms with Gasteiger partial charge in [-0.3, -0.25) is 0 Å². The van der Waals surface area contributed by atoms with Gasteiger partial charge in [0.15, 0.2) is 0 Å². The summed E-state index contributed by atoms with van der Waals surface area (Å²) in [6.07, 6.45) is 0. The van der Waals surface area contributed by atoms with Gasteiger partial charge in [0.1, 0.15) is 0 Å². The number of rotatable bonds is 5. The van der Waals surface area contributed by atoms with Crippen LogP contribution >= 0.6 is 0 Å². The van der Waals surface area contributed by atoms with Gasteiger partial charge in [-0.15, -0.1) is 0 Å². The fraction of sp³-hybridized carbons (Fsp3) is 0. The topological polar surface area (TPSA) is 27.7 Å². The minimum atomic E-state index is 0.942. The molecule has 0 aliphatic heterocycles. The highest BCUT2D eigenvalue weighted by molar-refractivity contribution is 6.23. The first-order valence-corrected chi connectivity index (χ1v) is 19.5. The molecule has 0 spiro atoms. The number of aromatic nitrogens is 4. The zero-order valence-corrected chi connectivity index (χ0v) is 30.9. The molecule has 0 saturated carbocycles. The predicted octanol–water partition coefficient (Wildman–Crippen LogP) is 13.7. The van der Waals surface area contributed by atoms with Gasteiger partial charge < -0.3 is 4.57 Å². The van der Waals surface area contributed by atoms with Gasteiger partial charge in [-0.1, -0.05) is 158 Å². The third kappa shape index (κ3) is 4.77. The first kappa shape index (κ1) is 31.6. The van der Waals surface area contributed by atoms with Crippen LogP contribution in [0.5, 0.6) is 0 Å². The molecule has 0 unspecified atom stereocenters. The van der Waals surface area contributed by atoms with Gasteiger partial charge in [-0.2, -0.15) is 0 Å². The number of pyridine rings is 1. The first-order chi connectivity index (χ1) is 28.3. The number of nitrogens with zero attached hydrogens (tertiary/aromatic N) is 4. The first-order valence-electron chi connectivity index (χ1n) is 19.5. The Hall–Kier alpha value is -7.69. The van der Waals surface area contributed by atoms with Crippen LogP contribution in [0.2, 0.25) is 0 Å². The number of benzene rings is 8. The fourth-order valence-corrected chi connectivity index (χ4v) is 9.09.